The second-order valence-corrected chi connectivity index (χ2v) is 10.1. The van der Waals surface area contributed by atoms with E-state index in [1.807, 2.05) is 53.4 Å². The van der Waals surface area contributed by atoms with E-state index < -0.39 is 16.1 Å². The number of methoxy groups -OCH3 is 1. The molecule has 0 saturated carbocycles. The molecule has 0 unspecified atom stereocenters. The molecule has 178 valence electrons. The molecule has 8 heteroatoms. The number of nitrogens with two attached hydrogens (primary N) is 1. The van der Waals surface area contributed by atoms with Crippen LogP contribution < -0.4 is 15.2 Å². The number of sulfonamides is 1. The van der Waals surface area contributed by atoms with Crippen molar-refractivity contribution in [3.63, 3.8) is 0 Å². The van der Waals surface area contributed by atoms with E-state index in [0.29, 0.717) is 31.2 Å². The maximum absolute atomic E-state index is 13.2. The first-order valence-electron chi connectivity index (χ1n) is 11.3. The van der Waals surface area contributed by atoms with Crippen LogP contribution in [0, 0.1) is 0 Å². The number of ether oxygens (including phenoxy) is 1. The predicted octanol–water partition coefficient (Wildman–Crippen LogP) is 2.83. The summed E-state index contributed by atoms with van der Waals surface area (Å²) in [6, 6.07) is 26.1. The lowest BCUT2D eigenvalue weighted by molar-refractivity contribution is 0.307. The van der Waals surface area contributed by atoms with Crippen molar-refractivity contribution in [3.8, 4) is 5.75 Å². The number of rotatable bonds is 10. The zero-order chi connectivity index (χ0) is 24.0. The van der Waals surface area contributed by atoms with Gasteiger partial charge in [-0.2, -0.15) is 0 Å². The summed E-state index contributed by atoms with van der Waals surface area (Å²) in [4.78, 5) is 6.67. The van der Waals surface area contributed by atoms with E-state index in [0.717, 1.165) is 12.0 Å². The summed E-state index contributed by atoms with van der Waals surface area (Å²) in [5.41, 5.74) is 8.49. The van der Waals surface area contributed by atoms with E-state index in [4.69, 9.17) is 10.5 Å². The van der Waals surface area contributed by atoms with E-state index in [9.17, 15) is 8.42 Å². The number of guanidine groups is 1. The largest absolute Gasteiger partial charge is 0.497 e. The quantitative estimate of drug-likeness (QED) is 0.467. The van der Waals surface area contributed by atoms with E-state index in [1.54, 1.807) is 31.4 Å². The zero-order valence-electron chi connectivity index (χ0n) is 19.2. The van der Waals surface area contributed by atoms with Gasteiger partial charge in [-0.3, -0.25) is 4.99 Å². The van der Waals surface area contributed by atoms with Gasteiger partial charge in [0, 0.05) is 12.6 Å². The summed E-state index contributed by atoms with van der Waals surface area (Å²) < 4.78 is 34.5. The highest BCUT2D eigenvalue weighted by Gasteiger charge is 2.30. The summed E-state index contributed by atoms with van der Waals surface area (Å²) in [7, 11) is -2.21. The van der Waals surface area contributed by atoms with Gasteiger partial charge >= 0.3 is 0 Å². The number of hydrogen-bond donors (Lipinski definition) is 2. The summed E-state index contributed by atoms with van der Waals surface area (Å²) in [5.74, 6) is 1.05. The Morgan fingerprint density at radius 3 is 2.24 bits per heavy atom. The molecule has 0 aromatic heterocycles. The van der Waals surface area contributed by atoms with Crippen LogP contribution in [-0.4, -0.2) is 51.6 Å². The smallest absolute Gasteiger partial charge is 0.240 e. The van der Waals surface area contributed by atoms with Crippen molar-refractivity contribution in [2.24, 2.45) is 10.7 Å². The molecule has 1 heterocycles. The topological polar surface area (TPSA) is 97.0 Å². The van der Waals surface area contributed by atoms with Gasteiger partial charge in [-0.1, -0.05) is 60.7 Å². The second-order valence-electron chi connectivity index (χ2n) is 8.38. The van der Waals surface area contributed by atoms with Crippen molar-refractivity contribution in [1.29, 1.82) is 0 Å². The maximum atomic E-state index is 13.2. The fraction of sp³-hybridized carbons (Fsp3) is 0.269. The predicted molar refractivity (Wildman–Crippen MR) is 134 cm³/mol. The van der Waals surface area contributed by atoms with Crippen molar-refractivity contribution in [1.82, 2.24) is 9.62 Å². The van der Waals surface area contributed by atoms with Crippen LogP contribution >= 0.6 is 0 Å². The second kappa shape index (κ2) is 10.7. The van der Waals surface area contributed by atoms with Crippen LogP contribution in [0.15, 0.2) is 94.8 Å². The number of nitrogens with zero attached hydrogens (tertiary/aromatic N) is 2. The lowest BCUT2D eigenvalue weighted by Crippen LogP contribution is -2.51. The molecule has 1 aliphatic heterocycles. The molecular formula is C26H30N4O3S. The van der Waals surface area contributed by atoms with Crippen molar-refractivity contribution in [3.05, 3.63) is 96.1 Å². The number of benzene rings is 3. The Morgan fingerprint density at radius 1 is 1.00 bits per heavy atom. The van der Waals surface area contributed by atoms with Gasteiger partial charge in [0.05, 0.1) is 24.6 Å². The van der Waals surface area contributed by atoms with E-state index in [2.05, 4.69) is 21.8 Å². The van der Waals surface area contributed by atoms with Crippen LogP contribution in [0.4, 0.5) is 0 Å². The fourth-order valence-corrected chi connectivity index (χ4v) is 5.43. The molecule has 34 heavy (non-hydrogen) atoms. The molecule has 3 aromatic carbocycles. The van der Waals surface area contributed by atoms with Gasteiger partial charge in [-0.25, -0.2) is 13.1 Å². The van der Waals surface area contributed by atoms with Crippen molar-refractivity contribution in [2.45, 2.75) is 29.8 Å². The summed E-state index contributed by atoms with van der Waals surface area (Å²) in [5, 5.41) is 0. The first kappa shape index (κ1) is 23.8. The minimum absolute atomic E-state index is 0.0752. The highest BCUT2D eigenvalue weighted by molar-refractivity contribution is 7.89. The fourth-order valence-electron chi connectivity index (χ4n) is 4.20. The lowest BCUT2D eigenvalue weighted by Gasteiger charge is -2.31. The Kier molecular flexibility index (Phi) is 7.49. The van der Waals surface area contributed by atoms with Gasteiger partial charge in [0.25, 0.3) is 0 Å². The SMILES string of the molecule is COc1ccc(S(=O)(=O)N[C@@H](Cc2ccccc2)CN2C(N)=NC[C@@H]2Cc2ccccc2)cc1. The third-order valence-corrected chi connectivity index (χ3v) is 7.48. The molecule has 0 amide bonds. The minimum atomic E-state index is -3.75. The monoisotopic (exact) mass is 478 g/mol. The van der Waals surface area contributed by atoms with Crippen LogP contribution in [0.2, 0.25) is 0 Å². The maximum Gasteiger partial charge on any atom is 0.240 e. The average molecular weight is 479 g/mol. The van der Waals surface area contributed by atoms with Gasteiger partial charge in [0.1, 0.15) is 5.75 Å². The molecule has 0 bridgehead atoms. The normalized spacial score (nSPS) is 16.8. The van der Waals surface area contributed by atoms with Gasteiger partial charge in [-0.05, 0) is 48.2 Å². The summed E-state index contributed by atoms with van der Waals surface area (Å²) in [6.45, 7) is 1.00. The molecule has 0 aliphatic carbocycles. The van der Waals surface area contributed by atoms with Gasteiger partial charge in [0.15, 0.2) is 5.96 Å². The standard InChI is InChI=1S/C26H30N4O3S/c1-33-24-12-14-25(15-13-24)34(31,32)29-22(16-20-8-4-2-5-9-20)19-30-23(18-28-26(30)27)17-21-10-6-3-7-11-21/h2-15,22-23,29H,16-19H2,1H3,(H2,27,28)/t22-,23-/m0/s1. The Labute approximate surface area is 201 Å². The molecular weight excluding hydrogens is 448 g/mol. The van der Waals surface area contributed by atoms with Gasteiger partial charge in [-0.15, -0.1) is 0 Å². The summed E-state index contributed by atoms with van der Waals surface area (Å²) in [6.07, 6.45) is 1.31. The van der Waals surface area contributed by atoms with Crippen molar-refractivity contribution >= 4 is 16.0 Å². The molecule has 4 rings (SSSR count). The third kappa shape index (κ3) is 5.95. The summed E-state index contributed by atoms with van der Waals surface area (Å²) >= 11 is 0. The third-order valence-electron chi connectivity index (χ3n) is 5.95. The molecule has 3 N–H and O–H groups in total. The van der Waals surface area contributed by atoms with Crippen LogP contribution in [0.3, 0.4) is 0 Å². The van der Waals surface area contributed by atoms with E-state index in [-0.39, 0.29) is 10.9 Å². The Morgan fingerprint density at radius 2 is 1.62 bits per heavy atom. The highest BCUT2D eigenvalue weighted by Crippen LogP contribution is 2.19. The number of hydrogen-bond acceptors (Lipinski definition) is 6. The van der Waals surface area contributed by atoms with Gasteiger partial charge < -0.3 is 15.4 Å². The van der Waals surface area contributed by atoms with Crippen molar-refractivity contribution < 1.29 is 13.2 Å². The molecule has 1 aliphatic rings. The Balaban J connectivity index is 1.55. The van der Waals surface area contributed by atoms with Crippen LogP contribution in [0.1, 0.15) is 11.1 Å². The lowest BCUT2D eigenvalue weighted by atomic mass is 10.0. The van der Waals surface area contributed by atoms with E-state index >= 15 is 0 Å². The molecule has 0 radical (unpaired) electrons. The number of aliphatic imine (C=N–C) groups is 1. The molecule has 2 atom stereocenters. The molecule has 3 aromatic rings. The molecule has 7 nitrogen and oxygen atoms in total. The van der Waals surface area contributed by atoms with Gasteiger partial charge in [0.2, 0.25) is 10.0 Å². The minimum Gasteiger partial charge on any atom is -0.497 e. The van der Waals surface area contributed by atoms with Crippen LogP contribution in [-0.2, 0) is 22.9 Å². The first-order chi connectivity index (χ1) is 16.4. The number of nitrogens with one attached hydrogen (secondary N) is 1. The molecule has 0 fully saturated rings. The molecule has 0 saturated heterocycles. The van der Waals surface area contributed by atoms with Crippen LogP contribution in [0.25, 0.3) is 0 Å². The van der Waals surface area contributed by atoms with Crippen molar-refractivity contribution in [2.75, 3.05) is 20.2 Å². The van der Waals surface area contributed by atoms with E-state index in [1.165, 1.54) is 5.56 Å². The first-order valence-corrected chi connectivity index (χ1v) is 12.7. The molecule has 0 spiro atoms. The Hall–Kier alpha value is -3.36. The average Bonchev–Trinajstić information content (AvgIpc) is 3.19. The highest BCUT2D eigenvalue weighted by atomic mass is 32.2. The zero-order valence-corrected chi connectivity index (χ0v) is 20.0. The Bertz CT molecular complexity index is 1200. The van der Waals surface area contributed by atoms with Crippen LogP contribution in [0.5, 0.6) is 5.75 Å².